The van der Waals surface area contributed by atoms with Gasteiger partial charge in [0.2, 0.25) is 5.91 Å². The van der Waals surface area contributed by atoms with Crippen LogP contribution in [-0.2, 0) is 9.53 Å². The molecule has 0 aliphatic carbocycles. The van der Waals surface area contributed by atoms with Crippen molar-refractivity contribution in [2.24, 2.45) is 5.73 Å². The van der Waals surface area contributed by atoms with Gasteiger partial charge in [-0.05, 0) is 40.0 Å². The number of amides is 1. The van der Waals surface area contributed by atoms with Gasteiger partial charge in [-0.25, -0.2) is 0 Å². The van der Waals surface area contributed by atoms with Crippen LogP contribution in [0.25, 0.3) is 0 Å². The van der Waals surface area contributed by atoms with Crippen LogP contribution in [-0.4, -0.2) is 36.9 Å². The Bertz CT molecular complexity index is 296. The maximum Gasteiger partial charge on any atom is 0.391 e. The summed E-state index contributed by atoms with van der Waals surface area (Å²) < 4.78 is 40.5. The van der Waals surface area contributed by atoms with Gasteiger partial charge in [0.1, 0.15) is 0 Å². The van der Waals surface area contributed by atoms with E-state index in [4.69, 9.17) is 10.5 Å². The average molecular weight is 298 g/mol. The fourth-order valence-electron chi connectivity index (χ4n) is 1.88. The van der Waals surface area contributed by atoms with E-state index in [1.165, 1.54) is 0 Å². The van der Waals surface area contributed by atoms with Crippen LogP contribution < -0.4 is 11.1 Å². The molecule has 1 amide bonds. The Morgan fingerprint density at radius 3 is 2.25 bits per heavy atom. The van der Waals surface area contributed by atoms with Crippen LogP contribution in [0, 0.1) is 0 Å². The molecule has 0 spiro atoms. The number of nitrogens with two attached hydrogens (primary N) is 1. The fraction of sp³-hybridized carbons (Fsp3) is 0.923. The molecule has 7 heteroatoms. The van der Waals surface area contributed by atoms with Crippen molar-refractivity contribution in [2.45, 2.75) is 64.2 Å². The second kappa shape index (κ2) is 8.46. The Balaban J connectivity index is 3.83. The van der Waals surface area contributed by atoms with Crippen LogP contribution >= 0.6 is 0 Å². The number of nitrogens with one attached hydrogen (secondary N) is 1. The Kier molecular flexibility index (Phi) is 8.12. The number of rotatable bonds is 10. The van der Waals surface area contributed by atoms with Crippen molar-refractivity contribution in [1.29, 1.82) is 0 Å². The summed E-state index contributed by atoms with van der Waals surface area (Å²) in [6.07, 6.45) is -3.32. The van der Waals surface area contributed by atoms with Crippen LogP contribution in [0.1, 0.15) is 46.5 Å². The first kappa shape index (κ1) is 19.2. The minimum Gasteiger partial charge on any atom is -0.381 e. The molecule has 4 nitrogen and oxygen atoms in total. The number of hydrogen-bond donors (Lipinski definition) is 2. The highest BCUT2D eigenvalue weighted by atomic mass is 19.4. The third-order valence-electron chi connectivity index (χ3n) is 2.90. The fourth-order valence-corrected chi connectivity index (χ4v) is 1.88. The van der Waals surface area contributed by atoms with Crippen molar-refractivity contribution in [3.63, 3.8) is 0 Å². The molecular weight excluding hydrogens is 273 g/mol. The van der Waals surface area contributed by atoms with Gasteiger partial charge < -0.3 is 15.8 Å². The van der Waals surface area contributed by atoms with Crippen molar-refractivity contribution < 1.29 is 22.7 Å². The molecule has 0 saturated carbocycles. The number of carbonyl (C=O) groups is 1. The van der Waals surface area contributed by atoms with Gasteiger partial charge >= 0.3 is 6.18 Å². The zero-order valence-corrected chi connectivity index (χ0v) is 12.3. The number of carbonyl (C=O) groups excluding carboxylic acids is 1. The van der Waals surface area contributed by atoms with E-state index in [9.17, 15) is 18.0 Å². The van der Waals surface area contributed by atoms with E-state index in [0.29, 0.717) is 19.3 Å². The first-order chi connectivity index (χ1) is 9.07. The predicted octanol–water partition coefficient (Wildman–Crippen LogP) is 2.37. The highest BCUT2D eigenvalue weighted by Gasteiger charge is 2.30. The number of hydrogen-bond acceptors (Lipinski definition) is 3. The van der Waals surface area contributed by atoms with Crippen LogP contribution in [0.3, 0.4) is 0 Å². The topological polar surface area (TPSA) is 64.3 Å². The van der Waals surface area contributed by atoms with Gasteiger partial charge in [-0.1, -0.05) is 0 Å². The summed E-state index contributed by atoms with van der Waals surface area (Å²) in [5.74, 6) is -0.427. The maximum atomic E-state index is 11.9. The lowest BCUT2D eigenvalue weighted by atomic mass is 9.93. The molecule has 3 N–H and O–H groups in total. The molecule has 0 saturated heterocycles. The molecule has 0 aromatic carbocycles. The van der Waals surface area contributed by atoms with Gasteiger partial charge in [-0.3, -0.25) is 4.79 Å². The molecule has 0 heterocycles. The Hall–Kier alpha value is -0.820. The summed E-state index contributed by atoms with van der Waals surface area (Å²) in [7, 11) is 0. The van der Waals surface area contributed by atoms with E-state index >= 15 is 0 Å². The van der Waals surface area contributed by atoms with Crippen LogP contribution in [0.4, 0.5) is 13.2 Å². The van der Waals surface area contributed by atoms with Crippen molar-refractivity contribution in [1.82, 2.24) is 5.32 Å². The Morgan fingerprint density at radius 2 is 1.80 bits per heavy atom. The molecule has 0 aliphatic rings. The smallest absolute Gasteiger partial charge is 0.381 e. The third kappa shape index (κ3) is 9.14. The van der Waals surface area contributed by atoms with Crippen molar-refractivity contribution >= 4 is 5.91 Å². The quantitative estimate of drug-likeness (QED) is 0.609. The van der Waals surface area contributed by atoms with Crippen LogP contribution in [0.5, 0.6) is 0 Å². The molecule has 0 fully saturated rings. The van der Waals surface area contributed by atoms with Gasteiger partial charge in [-0.2, -0.15) is 13.2 Å². The molecule has 0 bridgehead atoms. The summed E-state index contributed by atoms with van der Waals surface area (Å²) in [5.41, 5.74) is 4.58. The minimum absolute atomic E-state index is 0.121. The van der Waals surface area contributed by atoms with Crippen LogP contribution in [0.2, 0.25) is 0 Å². The zero-order valence-electron chi connectivity index (χ0n) is 12.3. The second-order valence-corrected chi connectivity index (χ2v) is 5.43. The number of alkyl halides is 3. The molecule has 120 valence electrons. The highest BCUT2D eigenvalue weighted by molar-refractivity contribution is 5.84. The first-order valence-corrected chi connectivity index (χ1v) is 6.79. The number of ether oxygens (including phenoxy) is 1. The summed E-state index contributed by atoms with van der Waals surface area (Å²) in [5, 5.41) is 3.11. The number of primary amides is 1. The molecular formula is C13H25F3N2O2. The first-order valence-electron chi connectivity index (χ1n) is 6.79. The SMILES string of the molecule is CC(C)NC(C)(CCCCOCCC(F)(F)F)C(N)=O. The summed E-state index contributed by atoms with van der Waals surface area (Å²) in [6, 6.07) is 0.121. The average Bonchev–Trinajstić information content (AvgIpc) is 2.25. The number of halogens is 3. The van der Waals surface area contributed by atoms with E-state index in [1.54, 1.807) is 6.92 Å². The lowest BCUT2D eigenvalue weighted by Gasteiger charge is -2.29. The van der Waals surface area contributed by atoms with E-state index in [1.807, 2.05) is 13.8 Å². The van der Waals surface area contributed by atoms with Crippen molar-refractivity contribution in [3.05, 3.63) is 0 Å². The van der Waals surface area contributed by atoms with E-state index in [0.717, 1.165) is 0 Å². The normalized spacial score (nSPS) is 15.3. The largest absolute Gasteiger partial charge is 0.391 e. The Morgan fingerprint density at radius 1 is 1.20 bits per heavy atom. The van der Waals surface area contributed by atoms with Gasteiger partial charge in [-0.15, -0.1) is 0 Å². The lowest BCUT2D eigenvalue weighted by Crippen LogP contribution is -2.55. The molecule has 0 aliphatic heterocycles. The second-order valence-electron chi connectivity index (χ2n) is 5.43. The van der Waals surface area contributed by atoms with Gasteiger partial charge in [0.25, 0.3) is 0 Å². The molecule has 0 aromatic rings. The van der Waals surface area contributed by atoms with Gasteiger partial charge in [0.05, 0.1) is 18.6 Å². The third-order valence-corrected chi connectivity index (χ3v) is 2.90. The van der Waals surface area contributed by atoms with Crippen LogP contribution in [0.15, 0.2) is 0 Å². The number of unbranched alkanes of at least 4 members (excludes halogenated alkanes) is 1. The molecule has 0 radical (unpaired) electrons. The molecule has 0 aromatic heterocycles. The molecule has 1 atom stereocenters. The maximum absolute atomic E-state index is 11.9. The monoisotopic (exact) mass is 298 g/mol. The molecule has 20 heavy (non-hydrogen) atoms. The lowest BCUT2D eigenvalue weighted by molar-refractivity contribution is -0.145. The van der Waals surface area contributed by atoms with E-state index in [-0.39, 0.29) is 19.3 Å². The zero-order chi connectivity index (χ0) is 15.8. The molecule has 1 unspecified atom stereocenters. The highest BCUT2D eigenvalue weighted by Crippen LogP contribution is 2.19. The Labute approximate surface area is 118 Å². The van der Waals surface area contributed by atoms with E-state index in [2.05, 4.69) is 5.32 Å². The van der Waals surface area contributed by atoms with Gasteiger partial charge in [0.15, 0.2) is 0 Å². The van der Waals surface area contributed by atoms with Crippen molar-refractivity contribution in [2.75, 3.05) is 13.2 Å². The predicted molar refractivity (Wildman–Crippen MR) is 71.2 cm³/mol. The standard InChI is InChI=1S/C13H25F3N2O2/c1-10(2)18-12(3,11(17)19)6-4-5-8-20-9-7-13(14,15)16/h10,18H,4-9H2,1-3H3,(H2,17,19). The minimum atomic E-state index is -4.17. The summed E-state index contributed by atoms with van der Waals surface area (Å²) in [4.78, 5) is 11.4. The van der Waals surface area contributed by atoms with E-state index < -0.39 is 24.0 Å². The van der Waals surface area contributed by atoms with Gasteiger partial charge in [0, 0.05) is 12.6 Å². The summed E-state index contributed by atoms with van der Waals surface area (Å²) >= 11 is 0. The summed E-state index contributed by atoms with van der Waals surface area (Å²) in [6.45, 7) is 5.51. The van der Waals surface area contributed by atoms with Crippen molar-refractivity contribution in [3.8, 4) is 0 Å². The molecule has 0 rings (SSSR count).